The predicted molar refractivity (Wildman–Crippen MR) is 206 cm³/mol. The first-order valence-electron chi connectivity index (χ1n) is 17.0. The quantitative estimate of drug-likeness (QED) is 0.100. The lowest BCUT2D eigenvalue weighted by Crippen LogP contribution is -2.55. The third-order valence-electron chi connectivity index (χ3n) is 9.21. The maximum Gasteiger partial charge on any atom is 0.273 e. The van der Waals surface area contributed by atoms with E-state index in [0.717, 1.165) is 48.0 Å². The lowest BCUT2D eigenvalue weighted by molar-refractivity contribution is -0.385. The zero-order valence-corrected chi connectivity index (χ0v) is 32.2. The summed E-state index contributed by atoms with van der Waals surface area (Å²) >= 11 is 19.0. The molecule has 280 valence electrons. The standard InChI is InChI=1S/C38H39Cl3N4O7S/c1-25-13-16-30(22-33(25)45(48)49)53(50,51)44(34-21-28(39)15-18-36(34)52-2)24-37(46)43(23-27-14-17-31(40)32(41)19-27)35(20-26-9-5-3-6-10-26)38(47)42-29-11-7-4-8-12-29/h3,5-6,9-10,13-19,21-22,29,35H,4,7-8,11-12,20,23-24H2,1-2H3,(H,42,47)/t35-/m0/s1. The van der Waals surface area contributed by atoms with Crippen LogP contribution in [0, 0.1) is 17.0 Å². The van der Waals surface area contributed by atoms with Crippen LogP contribution in [0.25, 0.3) is 0 Å². The fourth-order valence-electron chi connectivity index (χ4n) is 6.38. The van der Waals surface area contributed by atoms with Crippen LogP contribution in [0.3, 0.4) is 0 Å². The highest BCUT2D eigenvalue weighted by Crippen LogP contribution is 2.36. The second kappa shape index (κ2) is 17.6. The SMILES string of the molecule is COc1ccc(Cl)cc1N(CC(=O)N(Cc1ccc(Cl)c(Cl)c1)[C@@H](Cc1ccccc1)C(=O)NC1CCCCC1)S(=O)(=O)c1ccc(C)c([N+](=O)[O-])c1. The molecular weight excluding hydrogens is 763 g/mol. The second-order valence-electron chi connectivity index (χ2n) is 12.9. The summed E-state index contributed by atoms with van der Waals surface area (Å²) in [4.78, 5) is 41.3. The van der Waals surface area contributed by atoms with E-state index in [0.29, 0.717) is 10.6 Å². The van der Waals surface area contributed by atoms with Gasteiger partial charge in [0.15, 0.2) is 0 Å². The smallest absolute Gasteiger partial charge is 0.273 e. The molecule has 11 nitrogen and oxygen atoms in total. The molecule has 53 heavy (non-hydrogen) atoms. The monoisotopic (exact) mass is 800 g/mol. The van der Waals surface area contributed by atoms with Gasteiger partial charge in [-0.15, -0.1) is 0 Å². The number of halogens is 3. The van der Waals surface area contributed by atoms with Gasteiger partial charge in [-0.3, -0.25) is 24.0 Å². The van der Waals surface area contributed by atoms with E-state index in [1.807, 2.05) is 30.3 Å². The van der Waals surface area contributed by atoms with Gasteiger partial charge in [0.2, 0.25) is 11.8 Å². The molecule has 5 rings (SSSR count). The zero-order valence-electron chi connectivity index (χ0n) is 29.1. The Labute approximate surface area is 324 Å². The van der Waals surface area contributed by atoms with E-state index in [4.69, 9.17) is 39.5 Å². The van der Waals surface area contributed by atoms with Crippen LogP contribution in [-0.4, -0.2) is 55.8 Å². The van der Waals surface area contributed by atoms with Crippen molar-refractivity contribution in [2.45, 2.75) is 69.0 Å². The number of nitro groups is 1. The maximum atomic E-state index is 14.9. The minimum absolute atomic E-state index is 0.0688. The largest absolute Gasteiger partial charge is 0.495 e. The topological polar surface area (TPSA) is 139 Å². The van der Waals surface area contributed by atoms with Crippen LogP contribution in [0.4, 0.5) is 11.4 Å². The van der Waals surface area contributed by atoms with Gasteiger partial charge in [0.25, 0.3) is 15.7 Å². The number of ether oxygens (including phenoxy) is 1. The molecule has 1 aliphatic rings. The number of rotatable bonds is 14. The summed E-state index contributed by atoms with van der Waals surface area (Å²) in [7, 11) is -3.38. The normalized spacial score (nSPS) is 13.9. The Kier molecular flexibility index (Phi) is 13.3. The predicted octanol–water partition coefficient (Wildman–Crippen LogP) is 8.16. The minimum atomic E-state index is -4.71. The van der Waals surface area contributed by atoms with Crippen LogP contribution in [-0.2, 0) is 32.6 Å². The molecule has 0 aliphatic heterocycles. The molecule has 1 saturated carbocycles. The number of anilines is 1. The van der Waals surface area contributed by atoms with Gasteiger partial charge in [-0.1, -0.05) is 96.5 Å². The van der Waals surface area contributed by atoms with Crippen LogP contribution in [0.1, 0.15) is 48.8 Å². The van der Waals surface area contributed by atoms with Crippen molar-refractivity contribution in [2.24, 2.45) is 0 Å². The summed E-state index contributed by atoms with van der Waals surface area (Å²) in [5, 5.41) is 15.7. The van der Waals surface area contributed by atoms with Gasteiger partial charge in [-0.2, -0.15) is 0 Å². The Morgan fingerprint density at radius 2 is 1.64 bits per heavy atom. The van der Waals surface area contributed by atoms with Gasteiger partial charge < -0.3 is 15.0 Å². The Morgan fingerprint density at radius 1 is 0.925 bits per heavy atom. The zero-order chi connectivity index (χ0) is 38.3. The Hall–Kier alpha value is -4.36. The second-order valence-corrected chi connectivity index (χ2v) is 16.0. The molecule has 0 heterocycles. The maximum absolute atomic E-state index is 14.9. The van der Waals surface area contributed by atoms with E-state index in [1.54, 1.807) is 18.2 Å². The molecule has 4 aromatic carbocycles. The molecule has 0 saturated heterocycles. The Morgan fingerprint density at radius 3 is 2.30 bits per heavy atom. The van der Waals surface area contributed by atoms with E-state index in [9.17, 15) is 28.1 Å². The molecule has 4 aromatic rings. The number of nitrogens with one attached hydrogen (secondary N) is 1. The number of nitrogens with zero attached hydrogens (tertiary/aromatic N) is 3. The van der Waals surface area contributed by atoms with Crippen molar-refractivity contribution in [3.05, 3.63) is 127 Å². The summed E-state index contributed by atoms with van der Waals surface area (Å²) < 4.78 is 35.5. The Balaban J connectivity index is 1.64. The third kappa shape index (κ3) is 9.80. The summed E-state index contributed by atoms with van der Waals surface area (Å²) in [6, 6.07) is 20.6. The average Bonchev–Trinajstić information content (AvgIpc) is 3.14. The number of nitro benzene ring substituents is 1. The molecule has 0 radical (unpaired) electrons. The van der Waals surface area contributed by atoms with Gasteiger partial charge in [-0.25, -0.2) is 8.42 Å². The highest BCUT2D eigenvalue weighted by molar-refractivity contribution is 7.92. The van der Waals surface area contributed by atoms with Crippen LogP contribution in [0.2, 0.25) is 15.1 Å². The van der Waals surface area contributed by atoms with Crippen molar-refractivity contribution in [3.8, 4) is 5.75 Å². The highest BCUT2D eigenvalue weighted by Gasteiger charge is 2.37. The third-order valence-corrected chi connectivity index (χ3v) is 11.9. The number of sulfonamides is 1. The van der Waals surface area contributed by atoms with Crippen LogP contribution in [0.15, 0.2) is 89.8 Å². The average molecular weight is 802 g/mol. The summed E-state index contributed by atoms with van der Waals surface area (Å²) in [5.74, 6) is -1.07. The molecule has 0 aromatic heterocycles. The van der Waals surface area contributed by atoms with Crippen molar-refractivity contribution in [2.75, 3.05) is 18.0 Å². The summed E-state index contributed by atoms with van der Waals surface area (Å²) in [6.07, 6.45) is 4.71. The molecule has 0 spiro atoms. The van der Waals surface area contributed by atoms with Gasteiger partial charge >= 0.3 is 0 Å². The number of hydrogen-bond donors (Lipinski definition) is 1. The van der Waals surface area contributed by atoms with Gasteiger partial charge in [0, 0.05) is 35.7 Å². The summed E-state index contributed by atoms with van der Waals surface area (Å²) in [6.45, 7) is 0.522. The van der Waals surface area contributed by atoms with Gasteiger partial charge in [-0.05, 0) is 67.3 Å². The van der Waals surface area contributed by atoms with Crippen LogP contribution < -0.4 is 14.4 Å². The molecular formula is C38H39Cl3N4O7S. The number of carbonyl (C=O) groups is 2. The van der Waals surface area contributed by atoms with E-state index < -0.39 is 49.9 Å². The van der Waals surface area contributed by atoms with E-state index in [1.165, 1.54) is 49.3 Å². The van der Waals surface area contributed by atoms with Gasteiger partial charge in [0.1, 0.15) is 18.3 Å². The number of hydrogen-bond acceptors (Lipinski definition) is 7. The van der Waals surface area contributed by atoms with Crippen molar-refractivity contribution < 1.29 is 27.7 Å². The van der Waals surface area contributed by atoms with E-state index in [2.05, 4.69) is 5.32 Å². The first-order valence-corrected chi connectivity index (χ1v) is 19.5. The van der Waals surface area contributed by atoms with Crippen molar-refractivity contribution in [3.63, 3.8) is 0 Å². The first kappa shape index (κ1) is 39.8. The first-order chi connectivity index (χ1) is 25.3. The molecule has 1 N–H and O–H groups in total. The molecule has 0 unspecified atom stereocenters. The number of benzene rings is 4. The molecule has 1 aliphatic carbocycles. The number of carbonyl (C=O) groups excluding carboxylic acids is 2. The lowest BCUT2D eigenvalue weighted by Gasteiger charge is -2.35. The lowest BCUT2D eigenvalue weighted by atomic mass is 9.94. The number of aryl methyl sites for hydroxylation is 1. The highest BCUT2D eigenvalue weighted by atomic mass is 35.5. The molecule has 1 atom stereocenters. The molecule has 2 amide bonds. The number of methoxy groups -OCH3 is 1. The minimum Gasteiger partial charge on any atom is -0.495 e. The van der Waals surface area contributed by atoms with Crippen molar-refractivity contribution in [1.29, 1.82) is 0 Å². The number of amides is 2. The van der Waals surface area contributed by atoms with Crippen LogP contribution in [0.5, 0.6) is 5.75 Å². The fourth-order valence-corrected chi connectivity index (χ4v) is 8.30. The van der Waals surface area contributed by atoms with Crippen molar-refractivity contribution >= 4 is 68.0 Å². The van der Waals surface area contributed by atoms with E-state index in [-0.39, 0.29) is 46.1 Å². The van der Waals surface area contributed by atoms with Crippen molar-refractivity contribution in [1.82, 2.24) is 10.2 Å². The Bertz CT molecular complexity index is 2080. The molecule has 0 bridgehead atoms. The molecule has 1 fully saturated rings. The summed E-state index contributed by atoms with van der Waals surface area (Å²) in [5.41, 5.74) is 1.06. The van der Waals surface area contributed by atoms with Gasteiger partial charge in [0.05, 0.1) is 32.7 Å². The molecule has 15 heteroatoms. The fraction of sp³-hybridized carbons (Fsp3) is 0.316. The van der Waals surface area contributed by atoms with Crippen LogP contribution >= 0.6 is 34.8 Å². The van der Waals surface area contributed by atoms with E-state index >= 15 is 0 Å².